The van der Waals surface area contributed by atoms with E-state index in [2.05, 4.69) is 5.10 Å². The number of hydrazone groups is 1. The highest BCUT2D eigenvalue weighted by Crippen LogP contribution is 2.20. The van der Waals surface area contributed by atoms with E-state index in [4.69, 9.17) is 0 Å². The number of carbonyl (C=O) groups excluding carboxylic acids is 1. The molecule has 11 heavy (non-hydrogen) atoms. The Bertz CT molecular complexity index is 199. The van der Waals surface area contributed by atoms with E-state index in [0.29, 0.717) is 6.21 Å². The van der Waals surface area contributed by atoms with Gasteiger partial charge in [0.2, 0.25) is 0 Å². The van der Waals surface area contributed by atoms with Crippen LogP contribution in [0.5, 0.6) is 0 Å². The number of hydrogen-bond donors (Lipinski definition) is 1. The van der Waals surface area contributed by atoms with Gasteiger partial charge in [-0.1, -0.05) is 0 Å². The van der Waals surface area contributed by atoms with Crippen molar-refractivity contribution in [3.8, 4) is 0 Å². The summed E-state index contributed by atoms with van der Waals surface area (Å²) in [6.07, 6.45) is -3.94. The van der Waals surface area contributed by atoms with Crippen molar-refractivity contribution in [3.05, 3.63) is 0 Å². The Labute approximate surface area is 59.7 Å². The SMILES string of the molecule is O=C1C=NN(C(F)(F)F)CN1. The van der Waals surface area contributed by atoms with Gasteiger partial charge in [0.05, 0.1) is 0 Å². The fourth-order valence-corrected chi connectivity index (χ4v) is 0.517. The Morgan fingerprint density at radius 2 is 2.27 bits per heavy atom. The summed E-state index contributed by atoms with van der Waals surface area (Å²) in [7, 11) is 0. The largest absolute Gasteiger partial charge is 0.502 e. The van der Waals surface area contributed by atoms with E-state index in [-0.39, 0.29) is 5.01 Å². The fraction of sp³-hybridized carbons (Fsp3) is 0.500. The summed E-state index contributed by atoms with van der Waals surface area (Å²) in [5.74, 6) is -0.620. The normalized spacial score (nSPS) is 18.5. The molecule has 0 spiro atoms. The molecular formula is C4H4F3N3O. The number of rotatable bonds is 0. The molecule has 1 aliphatic heterocycles. The van der Waals surface area contributed by atoms with Gasteiger partial charge in [-0.2, -0.15) is 10.1 Å². The summed E-state index contributed by atoms with van der Waals surface area (Å²) in [6.45, 7) is -0.626. The van der Waals surface area contributed by atoms with Gasteiger partial charge in [0, 0.05) is 0 Å². The van der Waals surface area contributed by atoms with Crippen molar-refractivity contribution in [2.75, 3.05) is 6.67 Å². The van der Waals surface area contributed by atoms with Gasteiger partial charge in [-0.3, -0.25) is 4.79 Å². The maximum absolute atomic E-state index is 11.7. The molecule has 62 valence electrons. The number of carbonyl (C=O) groups is 1. The molecule has 0 saturated carbocycles. The van der Waals surface area contributed by atoms with Crippen LogP contribution in [0.1, 0.15) is 0 Å². The van der Waals surface area contributed by atoms with Crippen LogP contribution in [0.2, 0.25) is 0 Å². The number of halogens is 3. The van der Waals surface area contributed by atoms with Crippen molar-refractivity contribution >= 4 is 12.1 Å². The van der Waals surface area contributed by atoms with Gasteiger partial charge in [-0.15, -0.1) is 13.2 Å². The second-order valence-electron chi connectivity index (χ2n) is 1.81. The molecule has 0 aromatic heterocycles. The van der Waals surface area contributed by atoms with Crippen LogP contribution in [0.3, 0.4) is 0 Å². The molecule has 0 atom stereocenters. The molecule has 1 heterocycles. The van der Waals surface area contributed by atoms with Crippen LogP contribution in [-0.2, 0) is 4.79 Å². The maximum Gasteiger partial charge on any atom is 0.502 e. The minimum atomic E-state index is -4.52. The van der Waals surface area contributed by atoms with Gasteiger partial charge in [-0.25, -0.2) is 0 Å². The van der Waals surface area contributed by atoms with Crippen LogP contribution in [0.15, 0.2) is 5.10 Å². The van der Waals surface area contributed by atoms with Crippen molar-refractivity contribution in [3.63, 3.8) is 0 Å². The average molecular weight is 167 g/mol. The number of nitrogens with one attached hydrogen (secondary N) is 1. The van der Waals surface area contributed by atoms with E-state index in [9.17, 15) is 18.0 Å². The first-order chi connectivity index (χ1) is 5.00. The summed E-state index contributed by atoms with van der Waals surface area (Å²) in [4.78, 5) is 10.3. The Balaban J connectivity index is 2.65. The molecule has 1 amide bonds. The minimum absolute atomic E-state index is 0.172. The lowest BCUT2D eigenvalue weighted by Crippen LogP contribution is -2.46. The van der Waals surface area contributed by atoms with Gasteiger partial charge in [0.1, 0.15) is 12.9 Å². The molecule has 0 aromatic rings. The molecule has 0 bridgehead atoms. The third kappa shape index (κ3) is 1.82. The van der Waals surface area contributed by atoms with E-state index in [1.165, 1.54) is 0 Å². The molecule has 1 rings (SSSR count). The second-order valence-corrected chi connectivity index (χ2v) is 1.81. The monoisotopic (exact) mass is 167 g/mol. The smallest absolute Gasteiger partial charge is 0.332 e. The predicted octanol–water partition coefficient (Wildman–Crippen LogP) is -0.119. The number of alkyl halides is 3. The second kappa shape index (κ2) is 2.40. The summed E-state index contributed by atoms with van der Waals surface area (Å²) in [5, 5.41) is 4.64. The van der Waals surface area contributed by atoms with Crippen LogP contribution in [-0.4, -0.2) is 30.1 Å². The van der Waals surface area contributed by atoms with E-state index >= 15 is 0 Å². The molecular weight excluding hydrogens is 163 g/mol. The summed E-state index contributed by atoms with van der Waals surface area (Å²) >= 11 is 0. The first kappa shape index (κ1) is 7.83. The number of nitrogens with zero attached hydrogens (tertiary/aromatic N) is 2. The number of hydrogen-bond acceptors (Lipinski definition) is 3. The maximum atomic E-state index is 11.7. The molecule has 7 heteroatoms. The molecule has 1 N–H and O–H groups in total. The molecule has 0 saturated heterocycles. The summed E-state index contributed by atoms with van der Waals surface area (Å²) in [5.41, 5.74) is 0. The third-order valence-corrected chi connectivity index (χ3v) is 1.01. The van der Waals surface area contributed by atoms with Gasteiger partial charge >= 0.3 is 6.30 Å². The molecule has 0 unspecified atom stereocenters. The quantitative estimate of drug-likeness (QED) is 0.511. The molecule has 0 aromatic carbocycles. The topological polar surface area (TPSA) is 44.7 Å². The van der Waals surface area contributed by atoms with Crippen LogP contribution in [0.25, 0.3) is 0 Å². The minimum Gasteiger partial charge on any atom is -0.332 e. The Kier molecular flexibility index (Phi) is 1.71. The predicted molar refractivity (Wildman–Crippen MR) is 29.4 cm³/mol. The highest BCUT2D eigenvalue weighted by molar-refractivity contribution is 6.26. The van der Waals surface area contributed by atoms with E-state index in [1.54, 1.807) is 0 Å². The lowest BCUT2D eigenvalue weighted by molar-refractivity contribution is -0.248. The first-order valence-corrected chi connectivity index (χ1v) is 2.66. The standard InChI is InChI=1S/C4H4F3N3O/c5-4(6,7)10-2-8-3(11)1-9-10/h1H,2H2,(H,8,11). The molecule has 4 nitrogen and oxygen atoms in total. The highest BCUT2D eigenvalue weighted by atomic mass is 19.4. The van der Waals surface area contributed by atoms with Crippen molar-refractivity contribution in [2.24, 2.45) is 5.10 Å². The zero-order valence-electron chi connectivity index (χ0n) is 5.22. The van der Waals surface area contributed by atoms with Crippen LogP contribution in [0, 0.1) is 0 Å². The van der Waals surface area contributed by atoms with Crippen LogP contribution in [0.4, 0.5) is 13.2 Å². The van der Waals surface area contributed by atoms with Crippen molar-refractivity contribution in [2.45, 2.75) is 6.30 Å². The highest BCUT2D eigenvalue weighted by Gasteiger charge is 2.37. The Morgan fingerprint density at radius 3 is 2.64 bits per heavy atom. The summed E-state index contributed by atoms with van der Waals surface area (Å²) in [6, 6.07) is 0. The average Bonchev–Trinajstić information content (AvgIpc) is 1.86. The van der Waals surface area contributed by atoms with E-state index < -0.39 is 18.9 Å². The Hall–Kier alpha value is -1.27. The van der Waals surface area contributed by atoms with E-state index in [0.717, 1.165) is 0 Å². The lowest BCUT2D eigenvalue weighted by atomic mass is 10.6. The molecule has 0 aliphatic carbocycles. The fourth-order valence-electron chi connectivity index (χ4n) is 0.517. The van der Waals surface area contributed by atoms with Gasteiger partial charge in [0.25, 0.3) is 5.91 Å². The van der Waals surface area contributed by atoms with Gasteiger partial charge in [0.15, 0.2) is 0 Å². The van der Waals surface area contributed by atoms with Crippen molar-refractivity contribution < 1.29 is 18.0 Å². The molecule has 0 radical (unpaired) electrons. The lowest BCUT2D eigenvalue weighted by Gasteiger charge is -2.23. The molecule has 0 fully saturated rings. The number of amides is 1. The van der Waals surface area contributed by atoms with Crippen molar-refractivity contribution in [1.82, 2.24) is 10.3 Å². The summed E-state index contributed by atoms with van der Waals surface area (Å²) < 4.78 is 35.2. The van der Waals surface area contributed by atoms with Crippen molar-refractivity contribution in [1.29, 1.82) is 0 Å². The van der Waals surface area contributed by atoms with Gasteiger partial charge in [-0.05, 0) is 0 Å². The molecule has 1 aliphatic rings. The first-order valence-electron chi connectivity index (χ1n) is 2.66. The van der Waals surface area contributed by atoms with Crippen LogP contribution >= 0.6 is 0 Å². The Morgan fingerprint density at radius 1 is 1.64 bits per heavy atom. The van der Waals surface area contributed by atoms with E-state index in [1.807, 2.05) is 5.32 Å². The van der Waals surface area contributed by atoms with Gasteiger partial charge < -0.3 is 5.32 Å². The zero-order valence-corrected chi connectivity index (χ0v) is 5.22. The zero-order chi connectivity index (χ0) is 8.48. The third-order valence-electron chi connectivity index (χ3n) is 1.01. The van der Waals surface area contributed by atoms with Crippen LogP contribution < -0.4 is 5.32 Å².